The van der Waals surface area contributed by atoms with E-state index in [2.05, 4.69) is 15.4 Å². The Morgan fingerprint density at radius 1 is 1.38 bits per heavy atom. The summed E-state index contributed by atoms with van der Waals surface area (Å²) in [5, 5.41) is 17.9. The highest BCUT2D eigenvalue weighted by molar-refractivity contribution is 6.39. The van der Waals surface area contributed by atoms with Crippen LogP contribution in [0.5, 0.6) is 0 Å². The van der Waals surface area contributed by atoms with Gasteiger partial charge in [0.1, 0.15) is 11.8 Å². The summed E-state index contributed by atoms with van der Waals surface area (Å²) in [6.45, 7) is 4.58. The number of aryl methyl sites for hydroxylation is 1. The van der Waals surface area contributed by atoms with Crippen LogP contribution in [0.4, 0.5) is 5.82 Å². The van der Waals surface area contributed by atoms with Crippen molar-refractivity contribution in [2.24, 2.45) is 4.99 Å². The Labute approximate surface area is 141 Å². The maximum absolute atomic E-state index is 12.3. The molecule has 0 spiro atoms. The van der Waals surface area contributed by atoms with E-state index in [1.54, 1.807) is 10.9 Å². The van der Waals surface area contributed by atoms with E-state index in [4.69, 9.17) is 0 Å². The fraction of sp³-hybridized carbons (Fsp3) is 0.389. The molecule has 6 heteroatoms. The number of benzene rings is 1. The molecule has 2 aromatic rings. The zero-order chi connectivity index (χ0) is 17.1. The number of amides is 1. The van der Waals surface area contributed by atoms with E-state index in [0.717, 1.165) is 12.0 Å². The fourth-order valence-electron chi connectivity index (χ4n) is 2.66. The summed E-state index contributed by atoms with van der Waals surface area (Å²) >= 11 is 0. The quantitative estimate of drug-likeness (QED) is 0.885. The SMILES string of the molecule is CCC(C)NC(=O)C1=Nc2c(C(O)c3ccccc3)cnn2CC1. The summed E-state index contributed by atoms with van der Waals surface area (Å²) in [6, 6.07) is 9.49. The lowest BCUT2D eigenvalue weighted by atomic mass is 10.0. The van der Waals surface area contributed by atoms with E-state index in [1.165, 1.54) is 0 Å². The van der Waals surface area contributed by atoms with E-state index < -0.39 is 6.10 Å². The monoisotopic (exact) mass is 326 g/mol. The number of nitrogens with zero attached hydrogens (tertiary/aromatic N) is 3. The third kappa shape index (κ3) is 3.23. The lowest BCUT2D eigenvalue weighted by Gasteiger charge is -2.18. The van der Waals surface area contributed by atoms with Crippen LogP contribution < -0.4 is 5.32 Å². The number of rotatable bonds is 5. The molecule has 2 atom stereocenters. The molecule has 1 aliphatic heterocycles. The predicted molar refractivity (Wildman–Crippen MR) is 92.3 cm³/mol. The van der Waals surface area contributed by atoms with Gasteiger partial charge in [-0.1, -0.05) is 37.3 Å². The average molecular weight is 326 g/mol. The molecule has 0 bridgehead atoms. The highest BCUT2D eigenvalue weighted by atomic mass is 16.3. The third-order valence-corrected chi connectivity index (χ3v) is 4.30. The van der Waals surface area contributed by atoms with E-state index in [0.29, 0.717) is 30.1 Å². The van der Waals surface area contributed by atoms with Crippen molar-refractivity contribution in [3.05, 3.63) is 47.7 Å². The molecule has 24 heavy (non-hydrogen) atoms. The summed E-state index contributed by atoms with van der Waals surface area (Å²) < 4.78 is 1.74. The van der Waals surface area contributed by atoms with E-state index in [9.17, 15) is 9.90 Å². The van der Waals surface area contributed by atoms with Gasteiger partial charge in [-0.05, 0) is 18.9 Å². The highest BCUT2D eigenvalue weighted by Gasteiger charge is 2.25. The summed E-state index contributed by atoms with van der Waals surface area (Å²) in [5.41, 5.74) is 1.89. The van der Waals surface area contributed by atoms with Crippen molar-refractivity contribution >= 4 is 17.4 Å². The molecule has 3 rings (SSSR count). The Kier molecular flexibility index (Phi) is 4.76. The molecule has 0 radical (unpaired) electrons. The van der Waals surface area contributed by atoms with E-state index in [1.807, 2.05) is 44.2 Å². The van der Waals surface area contributed by atoms with Crippen molar-refractivity contribution in [3.8, 4) is 0 Å². The Morgan fingerprint density at radius 3 is 2.83 bits per heavy atom. The number of aliphatic hydroxyl groups is 1. The smallest absolute Gasteiger partial charge is 0.266 e. The summed E-state index contributed by atoms with van der Waals surface area (Å²) in [6.07, 6.45) is 2.23. The van der Waals surface area contributed by atoms with Gasteiger partial charge in [-0.2, -0.15) is 5.10 Å². The number of nitrogens with one attached hydrogen (secondary N) is 1. The summed E-state index contributed by atoms with van der Waals surface area (Å²) in [5.74, 6) is 0.420. The molecule has 0 fully saturated rings. The number of carbonyl (C=O) groups excluding carboxylic acids is 1. The first-order valence-corrected chi connectivity index (χ1v) is 8.27. The van der Waals surface area contributed by atoms with Crippen LogP contribution in [0.3, 0.4) is 0 Å². The number of hydrogen-bond acceptors (Lipinski definition) is 4. The average Bonchev–Trinajstić information content (AvgIpc) is 3.04. The van der Waals surface area contributed by atoms with Crippen molar-refractivity contribution < 1.29 is 9.90 Å². The standard InChI is InChI=1S/C18H22N4O2/c1-3-12(2)20-18(24)15-9-10-22-17(21-15)14(11-19-22)16(23)13-7-5-4-6-8-13/h4-8,11-12,16,23H,3,9-10H2,1-2H3,(H,20,24). The minimum atomic E-state index is -0.810. The van der Waals surface area contributed by atoms with Gasteiger partial charge in [-0.15, -0.1) is 0 Å². The number of carbonyl (C=O) groups is 1. The molecule has 0 aliphatic carbocycles. The van der Waals surface area contributed by atoms with Gasteiger partial charge in [-0.25, -0.2) is 9.67 Å². The molecule has 2 unspecified atom stereocenters. The third-order valence-electron chi connectivity index (χ3n) is 4.30. The number of fused-ring (bicyclic) bond motifs is 1. The molecule has 2 heterocycles. The van der Waals surface area contributed by atoms with Crippen LogP contribution in [-0.2, 0) is 11.3 Å². The molecule has 2 N–H and O–H groups in total. The zero-order valence-electron chi connectivity index (χ0n) is 13.9. The number of aromatic nitrogens is 2. The largest absolute Gasteiger partial charge is 0.383 e. The highest BCUT2D eigenvalue weighted by Crippen LogP contribution is 2.32. The van der Waals surface area contributed by atoms with Crippen LogP contribution in [0.1, 0.15) is 43.9 Å². The minimum absolute atomic E-state index is 0.112. The van der Waals surface area contributed by atoms with Crippen LogP contribution in [0.15, 0.2) is 41.5 Å². The molecule has 6 nitrogen and oxygen atoms in total. The Bertz CT molecular complexity index is 752. The van der Waals surface area contributed by atoms with Crippen LogP contribution in [0, 0.1) is 0 Å². The first-order chi connectivity index (χ1) is 11.6. The zero-order valence-corrected chi connectivity index (χ0v) is 13.9. The lowest BCUT2D eigenvalue weighted by molar-refractivity contribution is -0.115. The molecular weight excluding hydrogens is 304 g/mol. The van der Waals surface area contributed by atoms with Crippen molar-refractivity contribution in [3.63, 3.8) is 0 Å². The van der Waals surface area contributed by atoms with Crippen LogP contribution in [0.25, 0.3) is 0 Å². The molecular formula is C18H22N4O2. The Balaban J connectivity index is 1.88. The summed E-state index contributed by atoms with van der Waals surface area (Å²) in [7, 11) is 0. The van der Waals surface area contributed by atoms with Gasteiger partial charge in [0.05, 0.1) is 6.20 Å². The number of aliphatic imine (C=N–C) groups is 1. The maximum Gasteiger partial charge on any atom is 0.266 e. The van der Waals surface area contributed by atoms with Gasteiger partial charge in [0.25, 0.3) is 5.91 Å². The van der Waals surface area contributed by atoms with Crippen molar-refractivity contribution in [2.45, 2.75) is 45.4 Å². The lowest BCUT2D eigenvalue weighted by Crippen LogP contribution is -2.38. The van der Waals surface area contributed by atoms with Gasteiger partial charge in [0.2, 0.25) is 0 Å². The van der Waals surface area contributed by atoms with Crippen molar-refractivity contribution in [1.82, 2.24) is 15.1 Å². The van der Waals surface area contributed by atoms with Crippen LogP contribution in [0.2, 0.25) is 0 Å². The van der Waals surface area contributed by atoms with Crippen LogP contribution >= 0.6 is 0 Å². The molecule has 1 aromatic carbocycles. The normalized spacial score (nSPS) is 16.0. The fourth-order valence-corrected chi connectivity index (χ4v) is 2.66. The van der Waals surface area contributed by atoms with Gasteiger partial charge < -0.3 is 10.4 Å². The van der Waals surface area contributed by atoms with Crippen molar-refractivity contribution in [1.29, 1.82) is 0 Å². The maximum atomic E-state index is 12.3. The Hall–Kier alpha value is -2.47. The van der Waals surface area contributed by atoms with E-state index >= 15 is 0 Å². The summed E-state index contributed by atoms with van der Waals surface area (Å²) in [4.78, 5) is 16.8. The van der Waals surface area contributed by atoms with Gasteiger partial charge in [-0.3, -0.25) is 4.79 Å². The first-order valence-electron chi connectivity index (χ1n) is 8.27. The molecule has 1 aromatic heterocycles. The van der Waals surface area contributed by atoms with Gasteiger partial charge >= 0.3 is 0 Å². The number of hydrogen-bond donors (Lipinski definition) is 2. The molecule has 0 saturated carbocycles. The first kappa shape index (κ1) is 16.4. The molecule has 1 amide bonds. The van der Waals surface area contributed by atoms with Gasteiger partial charge in [0, 0.05) is 24.6 Å². The predicted octanol–water partition coefficient (Wildman–Crippen LogP) is 2.36. The molecule has 0 saturated heterocycles. The minimum Gasteiger partial charge on any atom is -0.383 e. The Morgan fingerprint density at radius 2 is 2.12 bits per heavy atom. The van der Waals surface area contributed by atoms with E-state index in [-0.39, 0.29) is 11.9 Å². The van der Waals surface area contributed by atoms with Crippen LogP contribution in [-0.4, -0.2) is 32.5 Å². The van der Waals surface area contributed by atoms with Crippen molar-refractivity contribution in [2.75, 3.05) is 0 Å². The second-order valence-corrected chi connectivity index (χ2v) is 6.05. The second kappa shape index (κ2) is 6.97. The molecule has 1 aliphatic rings. The second-order valence-electron chi connectivity index (χ2n) is 6.05. The topological polar surface area (TPSA) is 79.5 Å². The number of aliphatic hydroxyl groups excluding tert-OH is 1. The van der Waals surface area contributed by atoms with Gasteiger partial charge in [0.15, 0.2) is 5.82 Å². The molecule has 126 valence electrons.